The lowest BCUT2D eigenvalue weighted by atomic mass is 10.2. The highest BCUT2D eigenvalue weighted by Gasteiger charge is 2.04. The molecule has 0 N–H and O–H groups in total. The van der Waals surface area contributed by atoms with Gasteiger partial charge in [-0.1, -0.05) is 30.0 Å². The number of hydrogen-bond acceptors (Lipinski definition) is 2. The Morgan fingerprint density at radius 1 is 1.25 bits per heavy atom. The molecule has 0 atom stereocenters. The molecule has 0 saturated heterocycles. The summed E-state index contributed by atoms with van der Waals surface area (Å²) in [5, 5.41) is 0.146. The fourth-order valence-corrected chi connectivity index (χ4v) is 1.85. The summed E-state index contributed by atoms with van der Waals surface area (Å²) in [6.07, 6.45) is 0. The number of hydrogen-bond donors (Lipinski definition) is 0. The van der Waals surface area contributed by atoms with Crippen LogP contribution in [0.3, 0.4) is 0 Å². The van der Waals surface area contributed by atoms with E-state index in [1.807, 2.05) is 32.0 Å². The molecule has 0 heterocycles. The molecule has 0 amide bonds. The van der Waals surface area contributed by atoms with E-state index in [1.54, 1.807) is 6.92 Å². The van der Waals surface area contributed by atoms with Gasteiger partial charge in [0.1, 0.15) is 0 Å². The Kier molecular flexibility index (Phi) is 2.93. The average molecular weight is 180 g/mol. The smallest absolute Gasteiger partial charge is 0.190 e. The number of benzene rings is 1. The molecule has 2 heteroatoms. The van der Waals surface area contributed by atoms with Gasteiger partial charge in [-0.25, -0.2) is 0 Å². The van der Waals surface area contributed by atoms with Crippen LogP contribution >= 0.6 is 11.8 Å². The van der Waals surface area contributed by atoms with Crippen LogP contribution in [0, 0.1) is 13.8 Å². The summed E-state index contributed by atoms with van der Waals surface area (Å²) in [5.74, 6) is 0. The van der Waals surface area contributed by atoms with Crippen molar-refractivity contribution in [3.05, 3.63) is 29.3 Å². The van der Waals surface area contributed by atoms with E-state index in [9.17, 15) is 4.79 Å². The quantitative estimate of drug-likeness (QED) is 0.618. The van der Waals surface area contributed by atoms with Crippen LogP contribution in [0.15, 0.2) is 23.1 Å². The van der Waals surface area contributed by atoms with Crippen LogP contribution in [0.5, 0.6) is 0 Å². The van der Waals surface area contributed by atoms with E-state index in [1.165, 1.54) is 22.9 Å². The molecule has 1 aromatic carbocycles. The van der Waals surface area contributed by atoms with Crippen LogP contribution in [0.2, 0.25) is 0 Å². The molecule has 0 aliphatic carbocycles. The van der Waals surface area contributed by atoms with Crippen molar-refractivity contribution >= 4 is 16.9 Å². The zero-order chi connectivity index (χ0) is 9.14. The van der Waals surface area contributed by atoms with Crippen molar-refractivity contribution in [2.45, 2.75) is 25.7 Å². The predicted octanol–water partition coefficient (Wildman–Crippen LogP) is 2.94. The Bertz CT molecular complexity index is 284. The molecule has 12 heavy (non-hydrogen) atoms. The lowest BCUT2D eigenvalue weighted by Crippen LogP contribution is -1.88. The van der Waals surface area contributed by atoms with E-state index < -0.39 is 0 Å². The van der Waals surface area contributed by atoms with Crippen LogP contribution in [0.1, 0.15) is 18.1 Å². The largest absolute Gasteiger partial charge is 0.287 e. The van der Waals surface area contributed by atoms with Crippen LogP contribution in [-0.4, -0.2) is 5.12 Å². The number of carbonyl (C=O) groups is 1. The number of rotatable bonds is 1. The molecule has 0 saturated carbocycles. The number of carbonyl (C=O) groups excluding carboxylic acids is 1. The summed E-state index contributed by atoms with van der Waals surface area (Å²) in [5.41, 5.74) is 2.35. The van der Waals surface area contributed by atoms with E-state index in [0.29, 0.717) is 0 Å². The lowest BCUT2D eigenvalue weighted by molar-refractivity contribution is -0.109. The molecule has 0 bridgehead atoms. The molecule has 1 rings (SSSR count). The molecule has 0 spiro atoms. The summed E-state index contributed by atoms with van der Waals surface area (Å²) in [4.78, 5) is 12.0. The molecule has 0 unspecified atom stereocenters. The molecule has 0 aliphatic rings. The van der Waals surface area contributed by atoms with Crippen molar-refractivity contribution in [1.29, 1.82) is 0 Å². The first-order chi connectivity index (χ1) is 5.61. The second kappa shape index (κ2) is 3.76. The maximum atomic E-state index is 10.9. The van der Waals surface area contributed by atoms with E-state index in [2.05, 4.69) is 0 Å². The summed E-state index contributed by atoms with van der Waals surface area (Å²) in [6, 6.07) is 6.06. The molecule has 64 valence electrons. The molecule has 1 nitrogen and oxygen atoms in total. The van der Waals surface area contributed by atoms with Gasteiger partial charge < -0.3 is 0 Å². The van der Waals surface area contributed by atoms with Crippen LogP contribution in [-0.2, 0) is 4.79 Å². The van der Waals surface area contributed by atoms with Gasteiger partial charge in [0.15, 0.2) is 5.12 Å². The van der Waals surface area contributed by atoms with Crippen LogP contribution < -0.4 is 0 Å². The highest BCUT2D eigenvalue weighted by atomic mass is 32.2. The molecule has 1 aromatic rings. The molecule has 0 fully saturated rings. The fourth-order valence-electron chi connectivity index (χ4n) is 1.10. The molecule has 0 aromatic heterocycles. The van der Waals surface area contributed by atoms with Gasteiger partial charge in [-0.3, -0.25) is 4.79 Å². The number of thioether (sulfide) groups is 1. The topological polar surface area (TPSA) is 17.1 Å². The van der Waals surface area contributed by atoms with E-state index in [0.717, 1.165) is 4.90 Å². The third-order valence-corrected chi connectivity index (χ3v) is 2.79. The molecule has 0 aliphatic heterocycles. The maximum absolute atomic E-state index is 10.9. The Labute approximate surface area is 77.2 Å². The average Bonchev–Trinajstić information content (AvgIpc) is 1.97. The first-order valence-electron chi connectivity index (χ1n) is 3.86. The monoisotopic (exact) mass is 180 g/mol. The van der Waals surface area contributed by atoms with Crippen LogP contribution in [0.25, 0.3) is 0 Å². The maximum Gasteiger partial charge on any atom is 0.190 e. The van der Waals surface area contributed by atoms with Crippen molar-refractivity contribution < 1.29 is 4.79 Å². The van der Waals surface area contributed by atoms with Gasteiger partial charge in [0.25, 0.3) is 0 Å². The highest BCUT2D eigenvalue weighted by molar-refractivity contribution is 8.13. The summed E-state index contributed by atoms with van der Waals surface area (Å²) in [6.45, 7) is 5.65. The van der Waals surface area contributed by atoms with Gasteiger partial charge in [-0.2, -0.15) is 0 Å². The van der Waals surface area contributed by atoms with E-state index in [4.69, 9.17) is 0 Å². The zero-order valence-corrected chi connectivity index (χ0v) is 8.37. The number of aryl methyl sites for hydroxylation is 2. The summed E-state index contributed by atoms with van der Waals surface area (Å²) >= 11 is 1.31. The summed E-state index contributed by atoms with van der Waals surface area (Å²) < 4.78 is 0. The summed E-state index contributed by atoms with van der Waals surface area (Å²) in [7, 11) is 0. The zero-order valence-electron chi connectivity index (χ0n) is 7.55. The van der Waals surface area contributed by atoms with Crippen molar-refractivity contribution in [2.24, 2.45) is 0 Å². The standard InChI is InChI=1S/C10H12OS/c1-7-5-4-6-8(2)10(7)12-9(3)11/h4-6H,1-3H3. The van der Waals surface area contributed by atoms with E-state index in [-0.39, 0.29) is 5.12 Å². The Morgan fingerprint density at radius 2 is 1.75 bits per heavy atom. The van der Waals surface area contributed by atoms with Gasteiger partial charge >= 0.3 is 0 Å². The molecular formula is C10H12OS. The van der Waals surface area contributed by atoms with Gasteiger partial charge in [0.05, 0.1) is 0 Å². The Hall–Kier alpha value is -0.760. The van der Waals surface area contributed by atoms with E-state index >= 15 is 0 Å². The van der Waals surface area contributed by atoms with Crippen molar-refractivity contribution in [2.75, 3.05) is 0 Å². The fraction of sp³-hybridized carbons (Fsp3) is 0.300. The third kappa shape index (κ3) is 2.11. The van der Waals surface area contributed by atoms with Crippen molar-refractivity contribution in [1.82, 2.24) is 0 Å². The first kappa shape index (κ1) is 9.33. The van der Waals surface area contributed by atoms with Gasteiger partial charge in [0, 0.05) is 11.8 Å². The second-order valence-corrected chi connectivity index (χ2v) is 4.00. The first-order valence-corrected chi connectivity index (χ1v) is 4.67. The minimum absolute atomic E-state index is 0.146. The highest BCUT2D eigenvalue weighted by Crippen LogP contribution is 2.26. The SMILES string of the molecule is CC(=O)Sc1c(C)cccc1C. The normalized spacial score (nSPS) is 9.92. The van der Waals surface area contributed by atoms with Crippen molar-refractivity contribution in [3.8, 4) is 0 Å². The van der Waals surface area contributed by atoms with Crippen LogP contribution in [0.4, 0.5) is 0 Å². The lowest BCUT2D eigenvalue weighted by Gasteiger charge is -2.05. The molecule has 0 radical (unpaired) electrons. The predicted molar refractivity (Wildman–Crippen MR) is 52.5 cm³/mol. The van der Waals surface area contributed by atoms with Gasteiger partial charge in [-0.15, -0.1) is 0 Å². The third-order valence-electron chi connectivity index (χ3n) is 1.65. The minimum atomic E-state index is 0.146. The Morgan fingerprint density at radius 3 is 2.17 bits per heavy atom. The minimum Gasteiger partial charge on any atom is -0.287 e. The van der Waals surface area contributed by atoms with Gasteiger partial charge in [0.2, 0.25) is 0 Å². The molecular weight excluding hydrogens is 168 g/mol. The van der Waals surface area contributed by atoms with Gasteiger partial charge in [-0.05, 0) is 25.0 Å². The van der Waals surface area contributed by atoms with Crippen molar-refractivity contribution in [3.63, 3.8) is 0 Å². The second-order valence-electron chi connectivity index (χ2n) is 2.81. The Balaban J connectivity index is 3.04.